The Morgan fingerprint density at radius 1 is 1.40 bits per heavy atom. The smallest absolute Gasteiger partial charge is 0.316 e. The molecule has 0 amide bonds. The Labute approximate surface area is 118 Å². The largest absolute Gasteiger partial charge is 0.497 e. The SMILES string of the molecule is CCOC(=O)C(CC)c1nc2cc(OC)ccc2n1C. The number of imidazole rings is 1. The Morgan fingerprint density at radius 2 is 2.15 bits per heavy atom. The number of benzene rings is 1. The topological polar surface area (TPSA) is 53.4 Å². The van der Waals surface area contributed by atoms with Gasteiger partial charge in [0, 0.05) is 13.1 Å². The number of hydrogen-bond acceptors (Lipinski definition) is 4. The van der Waals surface area contributed by atoms with Gasteiger partial charge in [0.2, 0.25) is 0 Å². The van der Waals surface area contributed by atoms with Crippen molar-refractivity contribution in [2.24, 2.45) is 7.05 Å². The summed E-state index contributed by atoms with van der Waals surface area (Å²) in [7, 11) is 3.54. The zero-order valence-corrected chi connectivity index (χ0v) is 12.3. The molecule has 0 saturated heterocycles. The number of methoxy groups -OCH3 is 1. The molecule has 0 aliphatic rings. The molecule has 0 fully saturated rings. The van der Waals surface area contributed by atoms with E-state index in [1.54, 1.807) is 7.11 Å². The molecule has 0 saturated carbocycles. The Morgan fingerprint density at radius 3 is 2.75 bits per heavy atom. The Bertz CT molecular complexity index is 619. The maximum Gasteiger partial charge on any atom is 0.316 e. The number of esters is 1. The molecule has 0 spiro atoms. The van der Waals surface area contributed by atoms with Crippen LogP contribution >= 0.6 is 0 Å². The van der Waals surface area contributed by atoms with Gasteiger partial charge in [-0.05, 0) is 25.5 Å². The van der Waals surface area contributed by atoms with E-state index in [1.165, 1.54) is 0 Å². The van der Waals surface area contributed by atoms with Crippen molar-refractivity contribution >= 4 is 17.0 Å². The third-order valence-electron chi connectivity index (χ3n) is 3.41. The van der Waals surface area contributed by atoms with E-state index in [4.69, 9.17) is 9.47 Å². The average Bonchev–Trinajstić information content (AvgIpc) is 2.77. The van der Waals surface area contributed by atoms with Gasteiger partial charge in [-0.25, -0.2) is 4.98 Å². The fourth-order valence-electron chi connectivity index (χ4n) is 2.33. The molecule has 0 aliphatic heterocycles. The summed E-state index contributed by atoms with van der Waals surface area (Å²) in [5.41, 5.74) is 1.80. The van der Waals surface area contributed by atoms with Crippen molar-refractivity contribution in [3.63, 3.8) is 0 Å². The highest BCUT2D eigenvalue weighted by molar-refractivity contribution is 5.82. The minimum absolute atomic E-state index is 0.222. The van der Waals surface area contributed by atoms with E-state index >= 15 is 0 Å². The minimum atomic E-state index is -0.335. The van der Waals surface area contributed by atoms with Crippen LogP contribution in [0.4, 0.5) is 0 Å². The number of rotatable bonds is 5. The van der Waals surface area contributed by atoms with Gasteiger partial charge in [0.1, 0.15) is 17.5 Å². The zero-order chi connectivity index (χ0) is 14.7. The van der Waals surface area contributed by atoms with E-state index in [9.17, 15) is 4.79 Å². The monoisotopic (exact) mass is 276 g/mol. The predicted molar refractivity (Wildman–Crippen MR) is 76.9 cm³/mol. The molecule has 0 bridgehead atoms. The van der Waals surface area contributed by atoms with Crippen molar-refractivity contribution in [1.82, 2.24) is 9.55 Å². The second-order valence-electron chi connectivity index (χ2n) is 4.60. The normalized spacial score (nSPS) is 12.4. The van der Waals surface area contributed by atoms with Gasteiger partial charge in [0.05, 0.1) is 24.8 Å². The van der Waals surface area contributed by atoms with Gasteiger partial charge in [0.15, 0.2) is 0 Å². The fourth-order valence-corrected chi connectivity index (χ4v) is 2.33. The van der Waals surface area contributed by atoms with Gasteiger partial charge in [-0.1, -0.05) is 6.92 Å². The lowest BCUT2D eigenvalue weighted by atomic mass is 10.1. The first-order chi connectivity index (χ1) is 9.62. The summed E-state index contributed by atoms with van der Waals surface area (Å²) >= 11 is 0. The zero-order valence-electron chi connectivity index (χ0n) is 12.3. The van der Waals surface area contributed by atoms with Crippen LogP contribution in [-0.4, -0.2) is 29.2 Å². The molecule has 5 nitrogen and oxygen atoms in total. The van der Waals surface area contributed by atoms with Crippen molar-refractivity contribution < 1.29 is 14.3 Å². The highest BCUT2D eigenvalue weighted by Crippen LogP contribution is 2.26. The molecule has 0 N–H and O–H groups in total. The number of aryl methyl sites for hydroxylation is 1. The number of fused-ring (bicyclic) bond motifs is 1. The van der Waals surface area contributed by atoms with E-state index < -0.39 is 0 Å². The van der Waals surface area contributed by atoms with Gasteiger partial charge in [-0.2, -0.15) is 0 Å². The lowest BCUT2D eigenvalue weighted by Gasteiger charge is -2.13. The molecular weight excluding hydrogens is 256 g/mol. The van der Waals surface area contributed by atoms with Gasteiger partial charge in [-0.15, -0.1) is 0 Å². The van der Waals surface area contributed by atoms with Crippen LogP contribution in [0.5, 0.6) is 5.75 Å². The molecule has 1 aromatic carbocycles. The third kappa shape index (κ3) is 2.48. The average molecular weight is 276 g/mol. The molecular formula is C15H20N2O3. The molecule has 1 atom stereocenters. The van der Waals surface area contributed by atoms with Crippen LogP contribution in [0.15, 0.2) is 18.2 Å². The summed E-state index contributed by atoms with van der Waals surface area (Å²) in [4.78, 5) is 16.6. The van der Waals surface area contributed by atoms with Crippen LogP contribution in [0.1, 0.15) is 32.0 Å². The molecule has 0 aliphatic carbocycles. The van der Waals surface area contributed by atoms with E-state index in [1.807, 2.05) is 43.7 Å². The van der Waals surface area contributed by atoms with Crippen molar-refractivity contribution in [3.05, 3.63) is 24.0 Å². The minimum Gasteiger partial charge on any atom is -0.497 e. The molecule has 1 aromatic heterocycles. The molecule has 108 valence electrons. The Hall–Kier alpha value is -2.04. The Balaban J connectivity index is 2.47. The summed E-state index contributed by atoms with van der Waals surface area (Å²) < 4.78 is 12.3. The van der Waals surface area contributed by atoms with Crippen LogP contribution in [0, 0.1) is 0 Å². The molecule has 5 heteroatoms. The maximum absolute atomic E-state index is 12.0. The fraction of sp³-hybridized carbons (Fsp3) is 0.467. The third-order valence-corrected chi connectivity index (χ3v) is 3.41. The Kier molecular flexibility index (Phi) is 4.27. The van der Waals surface area contributed by atoms with Gasteiger partial charge in [-0.3, -0.25) is 4.79 Å². The molecule has 0 radical (unpaired) electrons. The van der Waals surface area contributed by atoms with Crippen molar-refractivity contribution in [2.45, 2.75) is 26.2 Å². The highest BCUT2D eigenvalue weighted by atomic mass is 16.5. The number of ether oxygens (including phenoxy) is 2. The summed E-state index contributed by atoms with van der Waals surface area (Å²) in [5.74, 6) is 0.930. The molecule has 1 heterocycles. The second-order valence-corrected chi connectivity index (χ2v) is 4.60. The number of aromatic nitrogens is 2. The van der Waals surface area contributed by atoms with E-state index in [-0.39, 0.29) is 11.9 Å². The lowest BCUT2D eigenvalue weighted by Crippen LogP contribution is -2.18. The van der Waals surface area contributed by atoms with Gasteiger partial charge < -0.3 is 14.0 Å². The molecule has 2 rings (SSSR count). The van der Waals surface area contributed by atoms with Crippen LogP contribution in [0.25, 0.3) is 11.0 Å². The number of hydrogen-bond donors (Lipinski definition) is 0. The summed E-state index contributed by atoms with van der Waals surface area (Å²) in [6, 6.07) is 5.71. The highest BCUT2D eigenvalue weighted by Gasteiger charge is 2.25. The van der Waals surface area contributed by atoms with Gasteiger partial charge in [0.25, 0.3) is 0 Å². The van der Waals surface area contributed by atoms with Crippen LogP contribution in [0.3, 0.4) is 0 Å². The summed E-state index contributed by atoms with van der Waals surface area (Å²) in [6.45, 7) is 4.15. The number of carbonyl (C=O) groups is 1. The van der Waals surface area contributed by atoms with Crippen molar-refractivity contribution in [2.75, 3.05) is 13.7 Å². The first-order valence-corrected chi connectivity index (χ1v) is 6.79. The van der Waals surface area contributed by atoms with E-state index in [0.29, 0.717) is 13.0 Å². The first kappa shape index (κ1) is 14.4. The van der Waals surface area contributed by atoms with Gasteiger partial charge >= 0.3 is 5.97 Å². The van der Waals surface area contributed by atoms with E-state index in [2.05, 4.69) is 4.98 Å². The van der Waals surface area contributed by atoms with Crippen LogP contribution in [-0.2, 0) is 16.6 Å². The quantitative estimate of drug-likeness (QED) is 0.788. The molecule has 1 unspecified atom stereocenters. The summed E-state index contributed by atoms with van der Waals surface area (Å²) in [5, 5.41) is 0. The van der Waals surface area contributed by atoms with Crippen LogP contribution < -0.4 is 4.74 Å². The standard InChI is InChI=1S/C15H20N2O3/c1-5-11(15(18)20-6-2)14-16-12-9-10(19-4)7-8-13(12)17(14)3/h7-9,11H,5-6H2,1-4H3. The summed E-state index contributed by atoms with van der Waals surface area (Å²) in [6.07, 6.45) is 0.660. The first-order valence-electron chi connectivity index (χ1n) is 6.79. The maximum atomic E-state index is 12.0. The molecule has 2 aromatic rings. The number of nitrogens with zero attached hydrogens (tertiary/aromatic N) is 2. The van der Waals surface area contributed by atoms with Crippen LogP contribution in [0.2, 0.25) is 0 Å². The van der Waals surface area contributed by atoms with Crippen molar-refractivity contribution in [3.8, 4) is 5.75 Å². The van der Waals surface area contributed by atoms with Crippen molar-refractivity contribution in [1.29, 1.82) is 0 Å². The van der Waals surface area contributed by atoms with E-state index in [0.717, 1.165) is 22.6 Å². The predicted octanol–water partition coefficient (Wildman–Crippen LogP) is 2.64. The number of carbonyl (C=O) groups excluding carboxylic acids is 1. The second kappa shape index (κ2) is 5.94. The molecule has 20 heavy (non-hydrogen) atoms. The lowest BCUT2D eigenvalue weighted by molar-refractivity contribution is -0.145.